The molecule has 0 aliphatic heterocycles. The first-order valence-electron chi connectivity index (χ1n) is 6.22. The molecule has 4 unspecified atom stereocenters. The molecule has 88 valence electrons. The SMILES string of the molecule is CC1CCC(C(C)C)C(C(C)C(N)=O)C1. The van der Waals surface area contributed by atoms with Crippen molar-refractivity contribution < 1.29 is 4.79 Å². The van der Waals surface area contributed by atoms with Gasteiger partial charge in [0.2, 0.25) is 5.91 Å². The van der Waals surface area contributed by atoms with Crippen molar-refractivity contribution in [2.75, 3.05) is 0 Å². The Labute approximate surface area is 93.6 Å². The molecular formula is C13H25NO. The van der Waals surface area contributed by atoms with E-state index in [2.05, 4.69) is 20.8 Å². The summed E-state index contributed by atoms with van der Waals surface area (Å²) >= 11 is 0. The molecule has 0 aromatic carbocycles. The van der Waals surface area contributed by atoms with Crippen LogP contribution >= 0.6 is 0 Å². The van der Waals surface area contributed by atoms with E-state index >= 15 is 0 Å². The Kier molecular flexibility index (Phi) is 4.18. The predicted octanol–water partition coefficient (Wildman–Crippen LogP) is 2.82. The molecule has 1 aliphatic rings. The van der Waals surface area contributed by atoms with E-state index in [0.29, 0.717) is 17.8 Å². The van der Waals surface area contributed by atoms with Crippen molar-refractivity contribution >= 4 is 5.91 Å². The smallest absolute Gasteiger partial charge is 0.220 e. The molecule has 0 bridgehead atoms. The van der Waals surface area contributed by atoms with Gasteiger partial charge in [0.25, 0.3) is 0 Å². The zero-order chi connectivity index (χ0) is 11.6. The summed E-state index contributed by atoms with van der Waals surface area (Å²) in [6.45, 7) is 8.82. The number of hydrogen-bond donors (Lipinski definition) is 1. The van der Waals surface area contributed by atoms with Gasteiger partial charge in [-0.15, -0.1) is 0 Å². The van der Waals surface area contributed by atoms with Crippen LogP contribution in [0.5, 0.6) is 0 Å². The van der Waals surface area contributed by atoms with Crippen molar-refractivity contribution in [3.05, 3.63) is 0 Å². The molecule has 0 saturated heterocycles. The van der Waals surface area contributed by atoms with Crippen molar-refractivity contribution in [1.82, 2.24) is 0 Å². The minimum Gasteiger partial charge on any atom is -0.369 e. The van der Waals surface area contributed by atoms with Crippen LogP contribution in [0.25, 0.3) is 0 Å². The molecule has 1 amide bonds. The highest BCUT2D eigenvalue weighted by molar-refractivity contribution is 5.76. The summed E-state index contributed by atoms with van der Waals surface area (Å²) in [6, 6.07) is 0. The van der Waals surface area contributed by atoms with Crippen LogP contribution in [0.2, 0.25) is 0 Å². The largest absolute Gasteiger partial charge is 0.369 e. The minimum absolute atomic E-state index is 0.0418. The molecule has 0 spiro atoms. The molecule has 1 fully saturated rings. The third-order valence-corrected chi connectivity index (χ3v) is 4.16. The third-order valence-electron chi connectivity index (χ3n) is 4.16. The maximum Gasteiger partial charge on any atom is 0.220 e. The number of primary amides is 1. The molecular weight excluding hydrogens is 186 g/mol. The van der Waals surface area contributed by atoms with Gasteiger partial charge in [0.05, 0.1) is 0 Å². The average Bonchev–Trinajstić information content (AvgIpc) is 2.15. The van der Waals surface area contributed by atoms with E-state index in [4.69, 9.17) is 5.73 Å². The van der Waals surface area contributed by atoms with Crippen LogP contribution in [0.1, 0.15) is 47.0 Å². The van der Waals surface area contributed by atoms with Crippen LogP contribution in [-0.4, -0.2) is 5.91 Å². The van der Waals surface area contributed by atoms with Crippen LogP contribution in [0.4, 0.5) is 0 Å². The molecule has 1 aliphatic carbocycles. The molecule has 2 heteroatoms. The highest BCUT2D eigenvalue weighted by Crippen LogP contribution is 2.41. The maximum absolute atomic E-state index is 11.3. The summed E-state index contributed by atoms with van der Waals surface area (Å²) in [5, 5.41) is 0. The molecule has 0 aromatic rings. The zero-order valence-corrected chi connectivity index (χ0v) is 10.5. The number of hydrogen-bond acceptors (Lipinski definition) is 1. The summed E-state index contributed by atoms with van der Waals surface area (Å²) in [5.41, 5.74) is 5.44. The number of carbonyl (C=O) groups excluding carboxylic acids is 1. The van der Waals surface area contributed by atoms with E-state index in [0.717, 1.165) is 5.92 Å². The highest BCUT2D eigenvalue weighted by Gasteiger charge is 2.35. The summed E-state index contributed by atoms with van der Waals surface area (Å²) in [5.74, 6) is 2.53. The highest BCUT2D eigenvalue weighted by atomic mass is 16.1. The van der Waals surface area contributed by atoms with E-state index in [1.807, 2.05) is 6.92 Å². The van der Waals surface area contributed by atoms with Gasteiger partial charge in [0.15, 0.2) is 0 Å². The molecule has 0 heterocycles. The van der Waals surface area contributed by atoms with Gasteiger partial charge in [0, 0.05) is 5.92 Å². The molecule has 0 aromatic heterocycles. The Hall–Kier alpha value is -0.530. The quantitative estimate of drug-likeness (QED) is 0.766. The van der Waals surface area contributed by atoms with Gasteiger partial charge in [-0.3, -0.25) is 4.79 Å². The van der Waals surface area contributed by atoms with Gasteiger partial charge in [0.1, 0.15) is 0 Å². The Balaban J connectivity index is 2.74. The average molecular weight is 211 g/mol. The second kappa shape index (κ2) is 5.00. The molecule has 1 saturated carbocycles. The van der Waals surface area contributed by atoms with Gasteiger partial charge < -0.3 is 5.73 Å². The van der Waals surface area contributed by atoms with Crippen LogP contribution in [0, 0.1) is 29.6 Å². The monoisotopic (exact) mass is 211 g/mol. The zero-order valence-electron chi connectivity index (χ0n) is 10.5. The lowest BCUT2D eigenvalue weighted by molar-refractivity contribution is -0.124. The fraction of sp³-hybridized carbons (Fsp3) is 0.923. The van der Waals surface area contributed by atoms with Gasteiger partial charge in [-0.1, -0.05) is 34.1 Å². The second-order valence-electron chi connectivity index (χ2n) is 5.68. The van der Waals surface area contributed by atoms with Crippen LogP contribution in [-0.2, 0) is 4.79 Å². The van der Waals surface area contributed by atoms with Gasteiger partial charge in [-0.05, 0) is 36.5 Å². The van der Waals surface area contributed by atoms with Crippen LogP contribution < -0.4 is 5.73 Å². The Morgan fingerprint density at radius 1 is 1.20 bits per heavy atom. The van der Waals surface area contributed by atoms with E-state index < -0.39 is 0 Å². The molecule has 2 nitrogen and oxygen atoms in total. The van der Waals surface area contributed by atoms with E-state index in [1.54, 1.807) is 0 Å². The normalized spacial score (nSPS) is 34.1. The minimum atomic E-state index is -0.125. The summed E-state index contributed by atoms with van der Waals surface area (Å²) in [6.07, 6.45) is 3.75. The number of rotatable bonds is 3. The Morgan fingerprint density at radius 3 is 2.27 bits per heavy atom. The molecule has 1 rings (SSSR count). The first-order valence-corrected chi connectivity index (χ1v) is 6.22. The van der Waals surface area contributed by atoms with Crippen molar-refractivity contribution in [2.45, 2.75) is 47.0 Å². The first-order chi connectivity index (χ1) is 6.93. The van der Waals surface area contributed by atoms with Crippen molar-refractivity contribution in [3.8, 4) is 0 Å². The molecule has 2 N–H and O–H groups in total. The van der Waals surface area contributed by atoms with E-state index in [1.165, 1.54) is 19.3 Å². The lowest BCUT2D eigenvalue weighted by atomic mass is 9.65. The number of amides is 1. The van der Waals surface area contributed by atoms with Gasteiger partial charge in [-0.2, -0.15) is 0 Å². The van der Waals surface area contributed by atoms with Crippen LogP contribution in [0.3, 0.4) is 0 Å². The lowest BCUT2D eigenvalue weighted by Crippen LogP contribution is -2.37. The Morgan fingerprint density at radius 2 is 1.80 bits per heavy atom. The fourth-order valence-electron chi connectivity index (χ4n) is 3.06. The molecule has 15 heavy (non-hydrogen) atoms. The summed E-state index contributed by atoms with van der Waals surface area (Å²) < 4.78 is 0. The first kappa shape index (κ1) is 12.5. The lowest BCUT2D eigenvalue weighted by Gasteiger charge is -2.39. The third kappa shape index (κ3) is 2.96. The summed E-state index contributed by atoms with van der Waals surface area (Å²) in [7, 11) is 0. The number of nitrogens with two attached hydrogens (primary N) is 1. The molecule has 0 radical (unpaired) electrons. The van der Waals surface area contributed by atoms with Gasteiger partial charge >= 0.3 is 0 Å². The standard InChI is InChI=1S/C13H25NO/c1-8(2)11-6-5-9(3)7-12(11)10(4)13(14)15/h8-12H,5-7H2,1-4H3,(H2,14,15). The van der Waals surface area contributed by atoms with Crippen LogP contribution in [0.15, 0.2) is 0 Å². The Bertz CT molecular complexity index is 225. The van der Waals surface area contributed by atoms with Crippen molar-refractivity contribution in [3.63, 3.8) is 0 Å². The fourth-order valence-corrected chi connectivity index (χ4v) is 3.06. The number of carbonyl (C=O) groups is 1. The topological polar surface area (TPSA) is 43.1 Å². The predicted molar refractivity (Wildman–Crippen MR) is 63.2 cm³/mol. The maximum atomic E-state index is 11.3. The van der Waals surface area contributed by atoms with Crippen molar-refractivity contribution in [2.24, 2.45) is 35.3 Å². The van der Waals surface area contributed by atoms with E-state index in [-0.39, 0.29) is 11.8 Å². The summed E-state index contributed by atoms with van der Waals surface area (Å²) in [4.78, 5) is 11.3. The van der Waals surface area contributed by atoms with E-state index in [9.17, 15) is 4.79 Å². The van der Waals surface area contributed by atoms with Crippen molar-refractivity contribution in [1.29, 1.82) is 0 Å². The molecule has 4 atom stereocenters. The second-order valence-corrected chi connectivity index (χ2v) is 5.68. The van der Waals surface area contributed by atoms with Gasteiger partial charge in [-0.25, -0.2) is 0 Å².